The highest BCUT2D eigenvalue weighted by Gasteiger charge is 2.21. The Kier molecular flexibility index (Phi) is 14.3. The van der Waals surface area contributed by atoms with Crippen LogP contribution < -0.4 is 5.63 Å². The Balaban J connectivity index is 2.66. The van der Waals surface area contributed by atoms with E-state index in [0.717, 1.165) is 12.8 Å². The maximum atomic E-state index is 12.7. The van der Waals surface area contributed by atoms with E-state index < -0.39 is 11.4 Å². The van der Waals surface area contributed by atoms with Crippen LogP contribution in [0, 0.1) is 0 Å². The van der Waals surface area contributed by atoms with Crippen LogP contribution >= 0.6 is 0 Å². The fourth-order valence-electron chi connectivity index (χ4n) is 3.44. The first-order chi connectivity index (χ1) is 16.3. The molecule has 1 N–H and O–H groups in total. The van der Waals surface area contributed by atoms with E-state index in [1.54, 1.807) is 19.1 Å². The summed E-state index contributed by atoms with van der Waals surface area (Å²) in [6.07, 6.45) is 18.9. The van der Waals surface area contributed by atoms with Gasteiger partial charge in [-0.3, -0.25) is 9.59 Å². The molecule has 1 atom stereocenters. The summed E-state index contributed by atoms with van der Waals surface area (Å²) in [7, 11) is 1.34. The van der Waals surface area contributed by atoms with Gasteiger partial charge < -0.3 is 14.3 Å². The quantitative estimate of drug-likeness (QED) is 0.0711. The lowest BCUT2D eigenvalue weighted by Crippen LogP contribution is -2.16. The Morgan fingerprint density at radius 3 is 2.47 bits per heavy atom. The fourth-order valence-corrected chi connectivity index (χ4v) is 3.44. The Labute approximate surface area is 203 Å². The molecule has 0 amide bonds. The third-order valence-electron chi connectivity index (χ3n) is 5.67. The number of aromatic hydroxyl groups is 1. The topological polar surface area (TPSA) is 93.8 Å². The second-order valence-corrected chi connectivity index (χ2v) is 8.59. The van der Waals surface area contributed by atoms with E-state index in [4.69, 9.17) is 4.42 Å². The average molecular weight is 473 g/mol. The molecule has 1 aromatic rings. The molecule has 1 unspecified atom stereocenters. The number of rotatable bonds is 16. The summed E-state index contributed by atoms with van der Waals surface area (Å²) in [5.74, 6) is -1.04. The van der Waals surface area contributed by atoms with Crippen LogP contribution in [0.1, 0.15) is 107 Å². The van der Waals surface area contributed by atoms with Crippen LogP contribution in [0.4, 0.5) is 0 Å². The number of carbonyl (C=O) groups excluding carboxylic acids is 2. The van der Waals surface area contributed by atoms with Gasteiger partial charge in [-0.15, -0.1) is 0 Å². The Hall–Kier alpha value is -2.89. The highest BCUT2D eigenvalue weighted by Crippen LogP contribution is 2.26. The molecule has 1 rings (SSSR count). The van der Waals surface area contributed by atoms with E-state index in [-0.39, 0.29) is 29.6 Å². The zero-order valence-corrected chi connectivity index (χ0v) is 21.1. The number of ether oxygens (including phenoxy) is 1. The minimum Gasteiger partial charge on any atom is -0.507 e. The van der Waals surface area contributed by atoms with E-state index in [9.17, 15) is 19.5 Å². The number of Topliss-reactive ketones (excluding diaryl/α,β-unsaturated/α-hetero) is 1. The van der Waals surface area contributed by atoms with Gasteiger partial charge in [-0.1, -0.05) is 76.3 Å². The molecule has 34 heavy (non-hydrogen) atoms. The van der Waals surface area contributed by atoms with Crippen molar-refractivity contribution >= 4 is 11.8 Å². The van der Waals surface area contributed by atoms with E-state index in [1.165, 1.54) is 45.3 Å². The molecule has 0 spiro atoms. The molecule has 0 aliphatic carbocycles. The van der Waals surface area contributed by atoms with Gasteiger partial charge in [0.05, 0.1) is 13.5 Å². The van der Waals surface area contributed by atoms with Crippen LogP contribution in [0.2, 0.25) is 0 Å². The molecule has 0 bridgehead atoms. The molecule has 0 fully saturated rings. The van der Waals surface area contributed by atoms with Gasteiger partial charge in [-0.25, -0.2) is 4.79 Å². The highest BCUT2D eigenvalue weighted by molar-refractivity contribution is 6.09. The summed E-state index contributed by atoms with van der Waals surface area (Å²) in [6, 6.07) is 1.35. The molecule has 0 aliphatic rings. The monoisotopic (exact) mass is 472 g/mol. The van der Waals surface area contributed by atoms with Gasteiger partial charge in [0.1, 0.15) is 17.1 Å². The molecule has 0 radical (unpaired) electrons. The van der Waals surface area contributed by atoms with Gasteiger partial charge in [0, 0.05) is 12.0 Å². The molecule has 0 aliphatic heterocycles. The van der Waals surface area contributed by atoms with Crippen molar-refractivity contribution in [1.82, 2.24) is 0 Å². The number of allylic oxidation sites excluding steroid dienone is 5. The van der Waals surface area contributed by atoms with Crippen molar-refractivity contribution in [3.8, 4) is 5.75 Å². The zero-order chi connectivity index (χ0) is 25.3. The number of hydrogen-bond acceptors (Lipinski definition) is 6. The summed E-state index contributed by atoms with van der Waals surface area (Å²) in [6.45, 7) is 5.69. The summed E-state index contributed by atoms with van der Waals surface area (Å²) in [4.78, 5) is 36.2. The molecule has 6 nitrogen and oxygen atoms in total. The summed E-state index contributed by atoms with van der Waals surface area (Å²) < 4.78 is 9.92. The Morgan fingerprint density at radius 1 is 1.09 bits per heavy atom. The molecule has 0 aromatic carbocycles. The second kappa shape index (κ2) is 16.7. The van der Waals surface area contributed by atoms with Crippen molar-refractivity contribution in [2.75, 3.05) is 7.11 Å². The van der Waals surface area contributed by atoms with Crippen molar-refractivity contribution in [3.63, 3.8) is 0 Å². The molecule has 0 saturated carbocycles. The standard InChI is InChI=1S/C28H40O6/c1-5-6-7-8-9-10-11-12-14-18-22(3)27(31)26-23(29)20-24(34-28(26)32)21(2)17-15-13-16-19-25(30)33-4/h12-14,16,18,20-21,29H,5-11,15,17,19H2,1-4H3/b14-12+,16-13+,22-18+. The molecule has 0 saturated heterocycles. The molecule has 6 heteroatoms. The molecule has 1 heterocycles. The summed E-state index contributed by atoms with van der Waals surface area (Å²) in [5.41, 5.74) is -0.817. The van der Waals surface area contributed by atoms with Gasteiger partial charge in [-0.05, 0) is 38.2 Å². The molecular weight excluding hydrogens is 432 g/mol. The van der Waals surface area contributed by atoms with Crippen molar-refractivity contribution in [3.05, 3.63) is 63.8 Å². The average Bonchev–Trinajstić information content (AvgIpc) is 2.81. The first-order valence-corrected chi connectivity index (χ1v) is 12.3. The van der Waals surface area contributed by atoms with Gasteiger partial charge in [0.15, 0.2) is 5.78 Å². The smallest absolute Gasteiger partial charge is 0.351 e. The van der Waals surface area contributed by atoms with E-state index >= 15 is 0 Å². The molecule has 1 aromatic heterocycles. The number of hydrogen-bond donors (Lipinski definition) is 1. The summed E-state index contributed by atoms with van der Waals surface area (Å²) in [5, 5.41) is 10.4. The third kappa shape index (κ3) is 10.8. The Bertz CT molecular complexity index is 919. The number of ketones is 1. The van der Waals surface area contributed by atoms with Crippen molar-refractivity contribution in [2.24, 2.45) is 0 Å². The van der Waals surface area contributed by atoms with Crippen LogP contribution in [0.15, 0.2) is 51.2 Å². The third-order valence-corrected chi connectivity index (χ3v) is 5.67. The molecule has 188 valence electrons. The number of carbonyl (C=O) groups is 2. The maximum absolute atomic E-state index is 12.7. The largest absolute Gasteiger partial charge is 0.507 e. The first kappa shape index (κ1) is 29.1. The van der Waals surface area contributed by atoms with Crippen LogP contribution in [-0.4, -0.2) is 24.0 Å². The van der Waals surface area contributed by atoms with E-state index in [1.807, 2.05) is 25.2 Å². The minimum atomic E-state index is -0.836. The number of methoxy groups -OCH3 is 1. The van der Waals surface area contributed by atoms with Crippen LogP contribution in [-0.2, 0) is 9.53 Å². The fraction of sp³-hybridized carbons (Fsp3) is 0.536. The van der Waals surface area contributed by atoms with E-state index in [2.05, 4.69) is 11.7 Å². The lowest BCUT2D eigenvalue weighted by Gasteiger charge is -2.11. The number of esters is 1. The minimum absolute atomic E-state index is 0.146. The predicted octanol–water partition coefficient (Wildman–Crippen LogP) is 6.78. The van der Waals surface area contributed by atoms with Crippen molar-refractivity contribution < 1.29 is 23.8 Å². The van der Waals surface area contributed by atoms with Gasteiger partial charge >= 0.3 is 11.6 Å². The lowest BCUT2D eigenvalue weighted by atomic mass is 9.99. The van der Waals surface area contributed by atoms with Crippen LogP contribution in [0.3, 0.4) is 0 Å². The molecular formula is C28H40O6. The van der Waals surface area contributed by atoms with E-state index in [0.29, 0.717) is 24.2 Å². The lowest BCUT2D eigenvalue weighted by molar-refractivity contribution is -0.139. The van der Waals surface area contributed by atoms with Crippen molar-refractivity contribution in [1.29, 1.82) is 0 Å². The van der Waals surface area contributed by atoms with Gasteiger partial charge in [0.25, 0.3) is 0 Å². The van der Waals surface area contributed by atoms with Gasteiger partial charge in [-0.2, -0.15) is 0 Å². The van der Waals surface area contributed by atoms with Crippen LogP contribution in [0.25, 0.3) is 0 Å². The predicted molar refractivity (Wildman–Crippen MR) is 135 cm³/mol. The Morgan fingerprint density at radius 2 is 1.79 bits per heavy atom. The second-order valence-electron chi connectivity index (χ2n) is 8.59. The summed E-state index contributed by atoms with van der Waals surface area (Å²) >= 11 is 0. The zero-order valence-electron chi connectivity index (χ0n) is 21.1. The van der Waals surface area contributed by atoms with Gasteiger partial charge in [0.2, 0.25) is 0 Å². The van der Waals surface area contributed by atoms with Crippen molar-refractivity contribution in [2.45, 2.75) is 90.9 Å². The van der Waals surface area contributed by atoms with Crippen LogP contribution in [0.5, 0.6) is 5.75 Å². The normalized spacial score (nSPS) is 13.0. The maximum Gasteiger partial charge on any atom is 0.351 e. The highest BCUT2D eigenvalue weighted by atomic mass is 16.5. The first-order valence-electron chi connectivity index (χ1n) is 12.3. The number of unbranched alkanes of at least 4 members (excludes halogenated alkanes) is 6. The SMILES string of the molecule is CCCCCCCC/C=C/C=C(\C)C(=O)c1c(O)cc(C(C)CC/C=C/CC(=O)OC)oc1=O.